The van der Waals surface area contributed by atoms with Crippen LogP contribution in [0.4, 0.5) is 0 Å². The maximum Gasteiger partial charge on any atom is 0.151 e. The summed E-state index contributed by atoms with van der Waals surface area (Å²) in [6, 6.07) is 7.57. The minimum Gasteiger partial charge on any atom is -0.455 e. The maximum absolute atomic E-state index is 6.12. The first-order chi connectivity index (χ1) is 11.1. The van der Waals surface area contributed by atoms with Gasteiger partial charge in [0.25, 0.3) is 0 Å². The number of benzene rings is 1. The first-order valence-corrected chi connectivity index (χ1v) is 8.31. The smallest absolute Gasteiger partial charge is 0.151 e. The number of aliphatic imine (C=N–C) groups is 1. The molecular weight excluding hydrogens is 382 g/mol. The minimum atomic E-state index is -0.778. The number of nitrogens with two attached hydrogens (primary N) is 1. The highest BCUT2D eigenvalue weighted by Crippen LogP contribution is 2.50. The van der Waals surface area contributed by atoms with Crippen LogP contribution in [0.5, 0.6) is 11.5 Å². The van der Waals surface area contributed by atoms with Crippen LogP contribution in [0.1, 0.15) is 17.5 Å². The summed E-state index contributed by atoms with van der Waals surface area (Å²) in [5, 5.41) is 0.378. The van der Waals surface area contributed by atoms with Gasteiger partial charge >= 0.3 is 0 Å². The lowest BCUT2D eigenvalue weighted by Crippen LogP contribution is -2.35. The summed E-state index contributed by atoms with van der Waals surface area (Å²) in [5.41, 5.74) is 7.03. The van der Waals surface area contributed by atoms with Gasteiger partial charge < -0.3 is 15.2 Å². The number of aromatic nitrogens is 1. The molecule has 5 nitrogen and oxygen atoms in total. The van der Waals surface area contributed by atoms with Crippen molar-refractivity contribution in [1.82, 2.24) is 4.98 Å². The molecule has 0 bridgehead atoms. The molecule has 0 fully saturated rings. The van der Waals surface area contributed by atoms with Crippen molar-refractivity contribution < 1.29 is 9.47 Å². The van der Waals surface area contributed by atoms with Crippen LogP contribution in [-0.2, 0) is 10.3 Å². The Bertz CT molecular complexity index is 773. The molecular formula is C16H13BrClN3O2. The van der Waals surface area contributed by atoms with Crippen LogP contribution in [0.2, 0.25) is 5.15 Å². The van der Waals surface area contributed by atoms with Gasteiger partial charge in [0.2, 0.25) is 0 Å². The second-order valence-corrected chi connectivity index (χ2v) is 6.81. The van der Waals surface area contributed by atoms with Gasteiger partial charge in [-0.15, -0.1) is 0 Å². The van der Waals surface area contributed by atoms with Gasteiger partial charge in [0.05, 0.1) is 25.2 Å². The molecule has 2 aliphatic heterocycles. The summed E-state index contributed by atoms with van der Waals surface area (Å²) in [6.45, 7) is 0.906. The highest BCUT2D eigenvalue weighted by molar-refractivity contribution is 9.10. The second-order valence-electron chi connectivity index (χ2n) is 5.51. The fourth-order valence-electron chi connectivity index (χ4n) is 3.01. The van der Waals surface area contributed by atoms with Gasteiger partial charge in [-0.25, -0.2) is 4.98 Å². The van der Waals surface area contributed by atoms with Crippen LogP contribution in [0.3, 0.4) is 0 Å². The van der Waals surface area contributed by atoms with Crippen molar-refractivity contribution in [2.75, 3.05) is 13.2 Å². The van der Waals surface area contributed by atoms with E-state index in [1.54, 1.807) is 12.3 Å². The molecule has 1 atom stereocenters. The van der Waals surface area contributed by atoms with Crippen molar-refractivity contribution in [1.29, 1.82) is 0 Å². The van der Waals surface area contributed by atoms with Crippen molar-refractivity contribution in [3.8, 4) is 11.5 Å². The monoisotopic (exact) mass is 393 g/mol. The molecule has 1 aromatic heterocycles. The third kappa shape index (κ3) is 2.41. The van der Waals surface area contributed by atoms with Gasteiger partial charge in [0.1, 0.15) is 16.4 Å². The molecule has 0 amide bonds. The van der Waals surface area contributed by atoms with Gasteiger partial charge in [-0.05, 0) is 24.3 Å². The molecule has 7 heteroatoms. The van der Waals surface area contributed by atoms with Gasteiger partial charge in [-0.1, -0.05) is 27.5 Å². The molecule has 1 spiro atoms. The molecule has 4 rings (SSSR count). The summed E-state index contributed by atoms with van der Waals surface area (Å²) >= 11 is 9.63. The summed E-state index contributed by atoms with van der Waals surface area (Å²) in [5.74, 6) is 1.88. The van der Waals surface area contributed by atoms with Crippen LogP contribution in [0.15, 0.2) is 39.9 Å². The zero-order valence-corrected chi connectivity index (χ0v) is 14.4. The van der Waals surface area contributed by atoms with E-state index in [2.05, 4.69) is 20.9 Å². The SMILES string of the molecule is NC1=NC2(COCC1)c1cc(Br)ccc1Oc1cnc(Cl)cc12. The fourth-order valence-corrected chi connectivity index (χ4v) is 3.52. The summed E-state index contributed by atoms with van der Waals surface area (Å²) in [7, 11) is 0. The molecule has 1 unspecified atom stereocenters. The van der Waals surface area contributed by atoms with Gasteiger partial charge in [0.15, 0.2) is 5.75 Å². The molecule has 2 aromatic rings. The van der Waals surface area contributed by atoms with E-state index in [1.165, 1.54) is 0 Å². The Morgan fingerprint density at radius 1 is 1.22 bits per heavy atom. The van der Waals surface area contributed by atoms with Gasteiger partial charge in [0, 0.05) is 22.0 Å². The molecule has 1 aromatic carbocycles. The molecule has 118 valence electrons. The van der Waals surface area contributed by atoms with Gasteiger partial charge in [-0.3, -0.25) is 4.99 Å². The van der Waals surface area contributed by atoms with E-state index >= 15 is 0 Å². The predicted octanol–water partition coefficient (Wildman–Crippen LogP) is 3.62. The lowest BCUT2D eigenvalue weighted by Gasteiger charge is -2.36. The first-order valence-electron chi connectivity index (χ1n) is 7.14. The molecule has 0 radical (unpaired) electrons. The average Bonchev–Trinajstić information content (AvgIpc) is 2.72. The Morgan fingerprint density at radius 3 is 2.91 bits per heavy atom. The normalized spacial score (nSPS) is 22.6. The van der Waals surface area contributed by atoms with Crippen molar-refractivity contribution in [2.24, 2.45) is 10.7 Å². The summed E-state index contributed by atoms with van der Waals surface area (Å²) < 4.78 is 12.7. The van der Waals surface area contributed by atoms with E-state index in [9.17, 15) is 0 Å². The van der Waals surface area contributed by atoms with Crippen molar-refractivity contribution >= 4 is 33.4 Å². The van der Waals surface area contributed by atoms with Gasteiger partial charge in [-0.2, -0.15) is 0 Å². The number of amidine groups is 1. The molecule has 2 aliphatic rings. The minimum absolute atomic E-state index is 0.369. The van der Waals surface area contributed by atoms with Crippen LogP contribution >= 0.6 is 27.5 Å². The third-order valence-corrected chi connectivity index (χ3v) is 4.73. The maximum atomic E-state index is 6.12. The fraction of sp³-hybridized carbons (Fsp3) is 0.250. The number of hydrogen-bond acceptors (Lipinski definition) is 5. The van der Waals surface area contributed by atoms with Crippen LogP contribution in [0.25, 0.3) is 0 Å². The largest absolute Gasteiger partial charge is 0.455 e. The van der Waals surface area contributed by atoms with Crippen LogP contribution < -0.4 is 10.5 Å². The Balaban J connectivity index is 2.05. The van der Waals surface area contributed by atoms with Crippen molar-refractivity contribution in [3.05, 3.63) is 51.2 Å². The Kier molecular flexibility index (Phi) is 3.55. The summed E-state index contributed by atoms with van der Waals surface area (Å²) in [4.78, 5) is 8.93. The zero-order valence-electron chi connectivity index (χ0n) is 12.1. The van der Waals surface area contributed by atoms with Crippen molar-refractivity contribution in [3.63, 3.8) is 0 Å². The summed E-state index contributed by atoms with van der Waals surface area (Å²) in [6.07, 6.45) is 2.21. The molecule has 0 saturated carbocycles. The van der Waals surface area contributed by atoms with E-state index in [1.807, 2.05) is 18.2 Å². The van der Waals surface area contributed by atoms with E-state index in [4.69, 9.17) is 31.8 Å². The number of rotatable bonds is 0. The third-order valence-electron chi connectivity index (χ3n) is 4.03. The Morgan fingerprint density at radius 2 is 2.04 bits per heavy atom. The Labute approximate surface area is 146 Å². The first kappa shape index (κ1) is 14.9. The molecule has 2 N–H and O–H groups in total. The van der Waals surface area contributed by atoms with E-state index in [0.29, 0.717) is 42.1 Å². The molecule has 0 aliphatic carbocycles. The topological polar surface area (TPSA) is 69.7 Å². The number of fused-ring (bicyclic) bond motifs is 4. The standard InChI is InChI=1S/C16H13BrClN3O2/c17-9-1-2-12-10(5-9)16(8-22-4-3-15(19)21-16)11-6-14(18)20-7-13(11)23-12/h1-2,5-7H,3-4,8H2,(H2,19,21). The van der Waals surface area contributed by atoms with Crippen LogP contribution in [0, 0.1) is 0 Å². The van der Waals surface area contributed by atoms with Crippen molar-refractivity contribution in [2.45, 2.75) is 12.0 Å². The number of ether oxygens (including phenoxy) is 2. The number of pyridine rings is 1. The molecule has 3 heterocycles. The predicted molar refractivity (Wildman–Crippen MR) is 91.3 cm³/mol. The quantitative estimate of drug-likeness (QED) is 0.693. The molecule has 0 saturated heterocycles. The highest BCUT2D eigenvalue weighted by atomic mass is 79.9. The number of hydrogen-bond donors (Lipinski definition) is 1. The number of nitrogens with zero attached hydrogens (tertiary/aromatic N) is 2. The number of halogens is 2. The average molecular weight is 395 g/mol. The second kappa shape index (κ2) is 5.47. The highest BCUT2D eigenvalue weighted by Gasteiger charge is 2.44. The van der Waals surface area contributed by atoms with E-state index < -0.39 is 5.54 Å². The lowest BCUT2D eigenvalue weighted by molar-refractivity contribution is 0.107. The van der Waals surface area contributed by atoms with E-state index in [0.717, 1.165) is 15.6 Å². The molecule has 23 heavy (non-hydrogen) atoms. The zero-order chi connectivity index (χ0) is 16.0. The van der Waals surface area contributed by atoms with Crippen LogP contribution in [-0.4, -0.2) is 24.0 Å². The lowest BCUT2D eigenvalue weighted by atomic mass is 9.81. The van der Waals surface area contributed by atoms with E-state index in [-0.39, 0.29) is 0 Å². The Hall–Kier alpha value is -1.63.